The van der Waals surface area contributed by atoms with Crippen LogP contribution in [-0.4, -0.2) is 39.2 Å². The minimum absolute atomic E-state index is 0.218. The lowest BCUT2D eigenvalue weighted by Gasteiger charge is -2.17. The number of anilines is 1. The molecular weight excluding hydrogens is 502 g/mol. The Morgan fingerprint density at radius 2 is 1.88 bits per heavy atom. The number of nitrogens with one attached hydrogen (secondary N) is 1. The molecule has 0 saturated carbocycles. The van der Waals surface area contributed by atoms with Crippen LogP contribution in [0.1, 0.15) is 101 Å². The van der Waals surface area contributed by atoms with Crippen LogP contribution in [0.4, 0.5) is 5.69 Å². The molecule has 1 heterocycles. The first kappa shape index (κ1) is 36.4. The minimum Gasteiger partial charge on any atom is -0.483 e. The number of benzene rings is 1. The van der Waals surface area contributed by atoms with Crippen molar-refractivity contribution in [1.29, 1.82) is 0 Å². The van der Waals surface area contributed by atoms with E-state index in [0.29, 0.717) is 18.7 Å². The summed E-state index contributed by atoms with van der Waals surface area (Å²) < 4.78 is 7.90. The molecule has 0 fully saturated rings. The van der Waals surface area contributed by atoms with Crippen LogP contribution in [0, 0.1) is 26.2 Å². The van der Waals surface area contributed by atoms with E-state index in [1.165, 1.54) is 12.8 Å². The minimum atomic E-state index is -0.250. The predicted molar refractivity (Wildman–Crippen MR) is 167 cm³/mol. The molecule has 0 aliphatic rings. The molecule has 2 N–H and O–H groups in total. The zero-order valence-corrected chi connectivity index (χ0v) is 25.7. The fraction of sp³-hybridized carbons (Fsp3) is 0.485. The lowest BCUT2D eigenvalue weighted by Crippen LogP contribution is -2.18. The molecule has 0 radical (unpaired) electrons. The number of allylic oxidation sites excluding steroid dienone is 3. The average molecular weight is 552 g/mol. The van der Waals surface area contributed by atoms with Gasteiger partial charge in [-0.05, 0) is 52.7 Å². The molecule has 220 valence electrons. The Hall–Kier alpha value is -3.63. The highest BCUT2D eigenvalue weighted by molar-refractivity contribution is 6.03. The number of carboxylic acid groups (broad SMARTS) is 1. The summed E-state index contributed by atoms with van der Waals surface area (Å²) >= 11 is 0. The first-order valence-corrected chi connectivity index (χ1v) is 14.0. The maximum Gasteiger partial charge on any atom is 0.290 e. The van der Waals surface area contributed by atoms with Gasteiger partial charge >= 0.3 is 0 Å². The van der Waals surface area contributed by atoms with Crippen molar-refractivity contribution in [3.05, 3.63) is 65.3 Å². The van der Waals surface area contributed by atoms with Crippen LogP contribution in [0.3, 0.4) is 0 Å². The number of carbonyl (C=O) groups excluding carboxylic acids is 1. The van der Waals surface area contributed by atoms with Crippen LogP contribution >= 0.6 is 0 Å². The number of carbonyl (C=O) groups is 2. The van der Waals surface area contributed by atoms with Crippen molar-refractivity contribution >= 4 is 23.6 Å². The molecular formula is C33H49N3O4. The predicted octanol–water partition coefficient (Wildman–Crippen LogP) is 7.84. The molecule has 40 heavy (non-hydrogen) atoms. The van der Waals surface area contributed by atoms with Crippen molar-refractivity contribution < 1.29 is 19.4 Å². The standard InChI is InChI=1S/C30H41N3O2.C2H6.CH2O2/c1-8-10-12-13-19-33-22-27(29(34)32-26-18-17-23(3)21-24(26)4)31-28(33)25(15-11-9-2)16-14-20-35-30(5,6)7;1-2;2-1-3/h2,14-18,21-22H,8,10-13,19-20H2,1,3-7H3,(H,32,34);1-2H3;1H,(H,2,3)/b16-14-,25-15+;;. The van der Waals surface area contributed by atoms with Crippen LogP contribution in [-0.2, 0) is 16.1 Å². The summed E-state index contributed by atoms with van der Waals surface area (Å²) in [5, 5.41) is 9.91. The van der Waals surface area contributed by atoms with E-state index in [2.05, 4.69) is 28.8 Å². The number of rotatable bonds is 12. The molecule has 0 unspecified atom stereocenters. The number of aryl methyl sites for hydroxylation is 3. The summed E-state index contributed by atoms with van der Waals surface area (Å²) in [6.07, 6.45) is 18.3. The number of hydrogen-bond donors (Lipinski definition) is 2. The Balaban J connectivity index is 0.00000284. The highest BCUT2D eigenvalue weighted by atomic mass is 16.5. The van der Waals surface area contributed by atoms with Gasteiger partial charge in [0.05, 0.1) is 12.2 Å². The van der Waals surface area contributed by atoms with Gasteiger partial charge in [0.15, 0.2) is 0 Å². The fourth-order valence-electron chi connectivity index (χ4n) is 3.65. The number of amides is 1. The Kier molecular flexibility index (Phi) is 18.5. The van der Waals surface area contributed by atoms with Crippen molar-refractivity contribution in [2.45, 2.75) is 99.6 Å². The summed E-state index contributed by atoms with van der Waals surface area (Å²) in [5.74, 6) is 3.20. The quantitative estimate of drug-likeness (QED) is 0.121. The van der Waals surface area contributed by atoms with Gasteiger partial charge < -0.3 is 19.7 Å². The molecule has 0 spiro atoms. The summed E-state index contributed by atoms with van der Waals surface area (Å²) in [7, 11) is 0. The van der Waals surface area contributed by atoms with Gasteiger partial charge in [0, 0.05) is 30.4 Å². The second kappa shape index (κ2) is 20.3. The third-order valence-corrected chi connectivity index (χ3v) is 5.50. The lowest BCUT2D eigenvalue weighted by atomic mass is 10.1. The van der Waals surface area contributed by atoms with Crippen molar-refractivity contribution in [2.24, 2.45) is 0 Å². The molecule has 0 atom stereocenters. The second-order valence-corrected chi connectivity index (χ2v) is 9.98. The molecule has 2 rings (SSSR count). The van der Waals surface area contributed by atoms with Crippen molar-refractivity contribution in [3.63, 3.8) is 0 Å². The number of ether oxygens (including phenoxy) is 1. The third kappa shape index (κ3) is 14.5. The van der Waals surface area contributed by atoms with Crippen molar-refractivity contribution in [3.8, 4) is 12.3 Å². The van der Waals surface area contributed by atoms with Gasteiger partial charge in [-0.2, -0.15) is 0 Å². The Morgan fingerprint density at radius 1 is 1.20 bits per heavy atom. The van der Waals surface area contributed by atoms with Gasteiger partial charge in [-0.1, -0.05) is 76.0 Å². The molecule has 0 saturated heterocycles. The summed E-state index contributed by atoms with van der Waals surface area (Å²) in [5.41, 5.74) is 4.04. The maximum absolute atomic E-state index is 13.1. The molecule has 1 amide bonds. The van der Waals surface area contributed by atoms with E-state index < -0.39 is 0 Å². The number of aromatic nitrogens is 2. The Bertz CT molecular complexity index is 1130. The number of unbranched alkanes of at least 4 members (excludes halogenated alkanes) is 3. The smallest absolute Gasteiger partial charge is 0.290 e. The lowest BCUT2D eigenvalue weighted by molar-refractivity contribution is -0.122. The third-order valence-electron chi connectivity index (χ3n) is 5.50. The van der Waals surface area contributed by atoms with Crippen LogP contribution in [0.2, 0.25) is 0 Å². The maximum atomic E-state index is 13.1. The van der Waals surface area contributed by atoms with E-state index in [-0.39, 0.29) is 18.0 Å². The summed E-state index contributed by atoms with van der Waals surface area (Å²) in [6, 6.07) is 5.98. The SMILES string of the molecule is C#CC/C=C(\C=C/COC(C)(C)C)c1nc(C(=O)Nc2ccc(C)cc2C)cn1CCCCCC.CC.O=CO. The zero-order chi connectivity index (χ0) is 30.6. The largest absolute Gasteiger partial charge is 0.483 e. The number of hydrogen-bond acceptors (Lipinski definition) is 4. The van der Waals surface area contributed by atoms with Gasteiger partial charge in [-0.25, -0.2) is 4.98 Å². The zero-order valence-electron chi connectivity index (χ0n) is 25.7. The van der Waals surface area contributed by atoms with E-state index in [0.717, 1.165) is 47.6 Å². The van der Waals surface area contributed by atoms with Gasteiger partial charge in [0.1, 0.15) is 11.5 Å². The topological polar surface area (TPSA) is 93.5 Å². The number of terminal acetylenes is 1. The van der Waals surface area contributed by atoms with Crippen LogP contribution in [0.5, 0.6) is 0 Å². The molecule has 0 aliphatic carbocycles. The van der Waals surface area contributed by atoms with E-state index in [9.17, 15) is 4.79 Å². The molecule has 0 bridgehead atoms. The van der Waals surface area contributed by atoms with Crippen molar-refractivity contribution in [1.82, 2.24) is 9.55 Å². The van der Waals surface area contributed by atoms with E-state index >= 15 is 0 Å². The first-order chi connectivity index (χ1) is 19.1. The Morgan fingerprint density at radius 3 is 2.45 bits per heavy atom. The van der Waals surface area contributed by atoms with Gasteiger partial charge in [0.25, 0.3) is 12.4 Å². The molecule has 2 aromatic rings. The summed E-state index contributed by atoms with van der Waals surface area (Å²) in [6.45, 7) is 17.3. The van der Waals surface area contributed by atoms with Gasteiger partial charge in [0.2, 0.25) is 0 Å². The van der Waals surface area contributed by atoms with Crippen LogP contribution in [0.25, 0.3) is 5.57 Å². The van der Waals surface area contributed by atoms with Crippen LogP contribution in [0.15, 0.2) is 42.6 Å². The molecule has 7 nitrogen and oxygen atoms in total. The van der Waals surface area contributed by atoms with E-state index in [4.69, 9.17) is 26.0 Å². The van der Waals surface area contributed by atoms with Gasteiger partial charge in [-0.3, -0.25) is 9.59 Å². The monoisotopic (exact) mass is 551 g/mol. The first-order valence-electron chi connectivity index (χ1n) is 14.0. The molecule has 0 aliphatic heterocycles. The average Bonchev–Trinajstić information content (AvgIpc) is 3.33. The molecule has 7 heteroatoms. The normalized spacial score (nSPS) is 11.1. The van der Waals surface area contributed by atoms with Gasteiger partial charge in [-0.15, -0.1) is 12.3 Å². The fourth-order valence-corrected chi connectivity index (χ4v) is 3.65. The molecule has 1 aromatic carbocycles. The summed E-state index contributed by atoms with van der Waals surface area (Å²) in [4.78, 5) is 26.2. The molecule has 1 aromatic heterocycles. The second-order valence-electron chi connectivity index (χ2n) is 9.98. The van der Waals surface area contributed by atoms with E-state index in [1.54, 1.807) is 0 Å². The highest BCUT2D eigenvalue weighted by Crippen LogP contribution is 2.21. The number of imidazole rings is 1. The Labute approximate surface area is 241 Å². The van der Waals surface area contributed by atoms with Crippen LogP contribution < -0.4 is 5.32 Å². The van der Waals surface area contributed by atoms with E-state index in [1.807, 2.05) is 85.0 Å². The van der Waals surface area contributed by atoms with Crippen molar-refractivity contribution in [2.75, 3.05) is 11.9 Å². The number of nitrogens with zero attached hydrogens (tertiary/aromatic N) is 2. The highest BCUT2D eigenvalue weighted by Gasteiger charge is 2.17.